The van der Waals surface area contributed by atoms with Crippen molar-refractivity contribution in [2.45, 2.75) is 49.1 Å². The molecule has 1 aliphatic heterocycles. The van der Waals surface area contributed by atoms with Gasteiger partial charge in [0.2, 0.25) is 0 Å². The van der Waals surface area contributed by atoms with E-state index in [0.29, 0.717) is 12.0 Å². The van der Waals surface area contributed by atoms with Crippen LogP contribution in [0.15, 0.2) is 29.2 Å². The lowest BCUT2D eigenvalue weighted by atomic mass is 9.85. The first kappa shape index (κ1) is 16.2. The summed E-state index contributed by atoms with van der Waals surface area (Å²) in [5.41, 5.74) is 0. The van der Waals surface area contributed by atoms with E-state index in [9.17, 15) is 9.90 Å². The van der Waals surface area contributed by atoms with Crippen LogP contribution in [0.1, 0.15) is 32.1 Å². The topological polar surface area (TPSA) is 40.5 Å². The van der Waals surface area contributed by atoms with Crippen molar-refractivity contribution in [3.8, 4) is 0 Å². The molecule has 0 aromatic heterocycles. The summed E-state index contributed by atoms with van der Waals surface area (Å²) in [6, 6.07) is 8.05. The van der Waals surface area contributed by atoms with Gasteiger partial charge in [0.25, 0.3) is 0 Å². The number of hydrogen-bond acceptors (Lipinski definition) is 3. The SMILES string of the molecule is O=C(O)C1CC2CCCCC2N1CCSc1ccc(Cl)cc1. The zero-order valence-electron chi connectivity index (χ0n) is 12.6. The molecule has 2 fully saturated rings. The van der Waals surface area contributed by atoms with E-state index in [1.165, 1.54) is 30.6 Å². The fraction of sp³-hybridized carbons (Fsp3) is 0.588. The third kappa shape index (κ3) is 3.61. The van der Waals surface area contributed by atoms with Crippen molar-refractivity contribution < 1.29 is 9.90 Å². The van der Waals surface area contributed by atoms with Gasteiger partial charge in [-0.3, -0.25) is 9.69 Å². The third-order valence-electron chi connectivity index (χ3n) is 4.94. The van der Waals surface area contributed by atoms with Crippen LogP contribution in [0.25, 0.3) is 0 Å². The largest absolute Gasteiger partial charge is 0.480 e. The molecule has 2 aliphatic rings. The van der Waals surface area contributed by atoms with Gasteiger partial charge in [-0.1, -0.05) is 24.4 Å². The summed E-state index contributed by atoms with van der Waals surface area (Å²) in [5.74, 6) is 0.871. The molecule has 3 atom stereocenters. The van der Waals surface area contributed by atoms with Gasteiger partial charge in [0, 0.05) is 28.3 Å². The van der Waals surface area contributed by atoms with Crippen molar-refractivity contribution in [2.24, 2.45) is 5.92 Å². The van der Waals surface area contributed by atoms with E-state index < -0.39 is 5.97 Å². The highest BCUT2D eigenvalue weighted by molar-refractivity contribution is 7.99. The normalized spacial score (nSPS) is 28.5. The van der Waals surface area contributed by atoms with Gasteiger partial charge in [0.05, 0.1) is 0 Å². The molecule has 1 N–H and O–H groups in total. The summed E-state index contributed by atoms with van der Waals surface area (Å²) in [6.45, 7) is 0.853. The average molecular weight is 340 g/mol. The molecular formula is C17H22ClNO2S. The summed E-state index contributed by atoms with van der Waals surface area (Å²) in [5, 5.41) is 10.3. The van der Waals surface area contributed by atoms with E-state index in [-0.39, 0.29) is 6.04 Å². The van der Waals surface area contributed by atoms with E-state index in [4.69, 9.17) is 11.6 Å². The first-order valence-electron chi connectivity index (χ1n) is 8.02. The van der Waals surface area contributed by atoms with E-state index in [0.717, 1.165) is 23.7 Å². The van der Waals surface area contributed by atoms with Crippen LogP contribution in [0.3, 0.4) is 0 Å². The molecule has 3 unspecified atom stereocenters. The van der Waals surface area contributed by atoms with Gasteiger partial charge in [0.1, 0.15) is 6.04 Å². The second kappa shape index (κ2) is 7.24. The number of benzene rings is 1. The molecule has 1 saturated heterocycles. The minimum atomic E-state index is -0.647. The van der Waals surface area contributed by atoms with Crippen LogP contribution in [0.5, 0.6) is 0 Å². The summed E-state index contributed by atoms with van der Waals surface area (Å²) >= 11 is 7.67. The quantitative estimate of drug-likeness (QED) is 0.818. The molecule has 0 radical (unpaired) electrons. The highest BCUT2D eigenvalue weighted by atomic mass is 35.5. The Morgan fingerprint density at radius 2 is 2.00 bits per heavy atom. The molecule has 0 spiro atoms. The van der Waals surface area contributed by atoms with Crippen molar-refractivity contribution in [3.05, 3.63) is 29.3 Å². The molecule has 1 aromatic rings. The zero-order chi connectivity index (χ0) is 15.5. The maximum Gasteiger partial charge on any atom is 0.320 e. The lowest BCUT2D eigenvalue weighted by Gasteiger charge is -2.32. The van der Waals surface area contributed by atoms with E-state index >= 15 is 0 Å². The zero-order valence-corrected chi connectivity index (χ0v) is 14.2. The van der Waals surface area contributed by atoms with Gasteiger partial charge in [0.15, 0.2) is 0 Å². The summed E-state index contributed by atoms with van der Waals surface area (Å²) in [7, 11) is 0. The second-order valence-electron chi connectivity index (χ2n) is 6.24. The van der Waals surface area contributed by atoms with Gasteiger partial charge in [-0.25, -0.2) is 0 Å². The lowest BCUT2D eigenvalue weighted by Crippen LogP contribution is -2.43. The van der Waals surface area contributed by atoms with Crippen LogP contribution in [-0.2, 0) is 4.79 Å². The van der Waals surface area contributed by atoms with Crippen LogP contribution in [-0.4, -0.2) is 40.4 Å². The van der Waals surface area contributed by atoms with Crippen molar-refractivity contribution in [1.82, 2.24) is 4.90 Å². The van der Waals surface area contributed by atoms with Crippen molar-refractivity contribution in [3.63, 3.8) is 0 Å². The Hall–Kier alpha value is -0.710. The van der Waals surface area contributed by atoms with Gasteiger partial charge >= 0.3 is 5.97 Å². The molecule has 5 heteroatoms. The standard InChI is InChI=1S/C17H22ClNO2S/c18-13-5-7-14(8-6-13)22-10-9-19-15-4-2-1-3-12(15)11-16(19)17(20)21/h5-8,12,15-16H,1-4,9-11H2,(H,20,21). The number of thioether (sulfide) groups is 1. The molecule has 0 bridgehead atoms. The number of rotatable bonds is 5. The molecule has 1 aliphatic carbocycles. The lowest BCUT2D eigenvalue weighted by molar-refractivity contribution is -0.142. The van der Waals surface area contributed by atoms with E-state index in [2.05, 4.69) is 4.90 Å². The first-order chi connectivity index (χ1) is 10.6. The fourth-order valence-electron chi connectivity index (χ4n) is 3.92. The maximum atomic E-state index is 11.6. The fourth-order valence-corrected chi connectivity index (χ4v) is 4.91. The Kier molecular flexibility index (Phi) is 5.32. The Morgan fingerprint density at radius 3 is 2.73 bits per heavy atom. The Balaban J connectivity index is 1.59. The minimum absolute atomic E-state index is 0.279. The number of nitrogens with zero attached hydrogens (tertiary/aromatic N) is 1. The average Bonchev–Trinajstić information content (AvgIpc) is 2.89. The van der Waals surface area contributed by atoms with Crippen LogP contribution in [0.2, 0.25) is 5.02 Å². The molecule has 1 aromatic carbocycles. The maximum absolute atomic E-state index is 11.6. The predicted octanol–water partition coefficient (Wildman–Crippen LogP) is 4.15. The van der Waals surface area contributed by atoms with E-state index in [1.807, 2.05) is 24.3 Å². The number of carboxylic acid groups (broad SMARTS) is 1. The Labute approximate surface area is 141 Å². The highest BCUT2D eigenvalue weighted by Crippen LogP contribution is 2.39. The molecule has 0 amide bonds. The Bertz CT molecular complexity index is 522. The molecule has 3 nitrogen and oxygen atoms in total. The molecule has 22 heavy (non-hydrogen) atoms. The molecule has 1 saturated carbocycles. The summed E-state index contributed by atoms with van der Waals surface area (Å²) in [6.07, 6.45) is 5.72. The molecule has 3 rings (SSSR count). The number of fused-ring (bicyclic) bond motifs is 1. The third-order valence-corrected chi connectivity index (χ3v) is 6.18. The smallest absolute Gasteiger partial charge is 0.320 e. The summed E-state index contributed by atoms with van der Waals surface area (Å²) in [4.78, 5) is 15.0. The van der Waals surface area contributed by atoms with Crippen LogP contribution in [0.4, 0.5) is 0 Å². The number of carbonyl (C=O) groups is 1. The Morgan fingerprint density at radius 1 is 1.27 bits per heavy atom. The molecule has 1 heterocycles. The molecule has 120 valence electrons. The van der Waals surface area contributed by atoms with Crippen molar-refractivity contribution >= 4 is 29.3 Å². The predicted molar refractivity (Wildman–Crippen MR) is 90.7 cm³/mol. The van der Waals surface area contributed by atoms with Crippen molar-refractivity contribution in [2.75, 3.05) is 12.3 Å². The monoisotopic (exact) mass is 339 g/mol. The number of aliphatic carboxylic acids is 1. The number of hydrogen-bond donors (Lipinski definition) is 1. The number of halogens is 1. The summed E-state index contributed by atoms with van der Waals surface area (Å²) < 4.78 is 0. The van der Waals surface area contributed by atoms with Crippen LogP contribution >= 0.6 is 23.4 Å². The minimum Gasteiger partial charge on any atom is -0.480 e. The van der Waals surface area contributed by atoms with Gasteiger partial charge < -0.3 is 5.11 Å². The second-order valence-corrected chi connectivity index (χ2v) is 7.85. The number of likely N-dealkylation sites (tertiary alicyclic amines) is 1. The molecular weight excluding hydrogens is 318 g/mol. The van der Waals surface area contributed by atoms with Crippen molar-refractivity contribution in [1.29, 1.82) is 0 Å². The van der Waals surface area contributed by atoms with Gasteiger partial charge in [-0.05, 0) is 49.4 Å². The van der Waals surface area contributed by atoms with Crippen LogP contribution < -0.4 is 0 Å². The van der Waals surface area contributed by atoms with Gasteiger partial charge in [-0.2, -0.15) is 0 Å². The van der Waals surface area contributed by atoms with E-state index in [1.54, 1.807) is 11.8 Å². The van der Waals surface area contributed by atoms with Gasteiger partial charge in [-0.15, -0.1) is 11.8 Å². The van der Waals surface area contributed by atoms with Crippen LogP contribution in [0, 0.1) is 5.92 Å². The number of carboxylic acids is 1. The highest BCUT2D eigenvalue weighted by Gasteiger charge is 2.44. The first-order valence-corrected chi connectivity index (χ1v) is 9.38.